The smallest absolute Gasteiger partial charge is 0.306 e. The zero-order valence-electron chi connectivity index (χ0n) is 11.0. The van der Waals surface area contributed by atoms with Crippen molar-refractivity contribution < 1.29 is 32.3 Å². The van der Waals surface area contributed by atoms with Crippen molar-refractivity contribution in [1.29, 1.82) is 0 Å². The van der Waals surface area contributed by atoms with E-state index in [1.807, 2.05) is 0 Å². The number of carboxylic acids is 1. The molecule has 0 bridgehead atoms. The van der Waals surface area contributed by atoms with Crippen LogP contribution in [-0.4, -0.2) is 35.1 Å². The number of Topliss-reactive ketones (excluding diaryl/α,β-unsaturated/α-hetero) is 1. The third-order valence-electron chi connectivity index (χ3n) is 3.58. The van der Waals surface area contributed by atoms with E-state index in [4.69, 9.17) is 5.11 Å². The van der Waals surface area contributed by atoms with E-state index in [9.17, 15) is 27.2 Å². The summed E-state index contributed by atoms with van der Waals surface area (Å²) in [7, 11) is 0. The van der Waals surface area contributed by atoms with Gasteiger partial charge in [0.25, 0.3) is 0 Å². The molecule has 116 valence electrons. The maximum Gasteiger partial charge on any atom is 0.306 e. The lowest BCUT2D eigenvalue weighted by Crippen LogP contribution is -2.28. The van der Waals surface area contributed by atoms with E-state index < -0.39 is 30.2 Å². The van der Waals surface area contributed by atoms with E-state index >= 15 is 0 Å². The Morgan fingerprint density at radius 2 is 1.65 bits per heavy atom. The predicted molar refractivity (Wildman–Crippen MR) is 63.2 cm³/mol. The fourth-order valence-corrected chi connectivity index (χ4v) is 2.21. The molecule has 0 aromatic carbocycles. The van der Waals surface area contributed by atoms with Crippen LogP contribution in [-0.2, 0) is 9.59 Å². The first kappa shape index (κ1) is 16.9. The van der Waals surface area contributed by atoms with Gasteiger partial charge >= 0.3 is 5.97 Å². The van der Waals surface area contributed by atoms with Crippen LogP contribution >= 0.6 is 0 Å². The number of carboxylic acid groups (broad SMARTS) is 1. The van der Waals surface area contributed by atoms with Gasteiger partial charge in [-0.15, -0.1) is 0 Å². The predicted octanol–water partition coefficient (Wildman–Crippen LogP) is 3.31. The van der Waals surface area contributed by atoms with Crippen LogP contribution in [0.25, 0.3) is 0 Å². The highest BCUT2D eigenvalue weighted by Gasteiger charge is 2.37. The van der Waals surface area contributed by atoms with Gasteiger partial charge in [0.1, 0.15) is 18.1 Å². The van der Waals surface area contributed by atoms with Crippen LogP contribution in [0.15, 0.2) is 0 Å². The minimum absolute atomic E-state index is 0.0694. The Balaban J connectivity index is 0.000000204. The average Bonchev–Trinajstić information content (AvgIpc) is 2.34. The van der Waals surface area contributed by atoms with Crippen LogP contribution in [0.5, 0.6) is 0 Å². The molecule has 0 saturated heterocycles. The second-order valence-corrected chi connectivity index (χ2v) is 5.28. The molecule has 0 radical (unpaired) electrons. The average molecular weight is 298 g/mol. The Kier molecular flexibility index (Phi) is 5.95. The maximum atomic E-state index is 12.4. The molecule has 0 spiro atoms. The molecule has 0 aromatic rings. The molecule has 0 aliphatic heterocycles. The van der Waals surface area contributed by atoms with E-state index in [0.717, 1.165) is 0 Å². The summed E-state index contributed by atoms with van der Waals surface area (Å²) >= 11 is 0. The first-order chi connectivity index (χ1) is 9.21. The summed E-state index contributed by atoms with van der Waals surface area (Å²) in [5.74, 6) is -4.27. The minimum Gasteiger partial charge on any atom is -0.481 e. The molecule has 2 aliphatic carbocycles. The molecule has 20 heavy (non-hydrogen) atoms. The van der Waals surface area contributed by atoms with Gasteiger partial charge in [-0.3, -0.25) is 9.59 Å². The lowest BCUT2D eigenvalue weighted by Gasteiger charge is -2.25. The second-order valence-electron chi connectivity index (χ2n) is 5.28. The van der Waals surface area contributed by atoms with Crippen molar-refractivity contribution in [3.8, 4) is 0 Å². The van der Waals surface area contributed by atoms with E-state index in [0.29, 0.717) is 0 Å². The monoisotopic (exact) mass is 298 g/mol. The summed E-state index contributed by atoms with van der Waals surface area (Å²) in [4.78, 5) is 20.7. The summed E-state index contributed by atoms with van der Waals surface area (Å²) in [5, 5.41) is 8.46. The third kappa shape index (κ3) is 5.46. The summed E-state index contributed by atoms with van der Waals surface area (Å²) in [6.45, 7) is 0. The van der Waals surface area contributed by atoms with Gasteiger partial charge in [0.15, 0.2) is 0 Å². The van der Waals surface area contributed by atoms with Crippen molar-refractivity contribution >= 4 is 11.8 Å². The zero-order chi connectivity index (χ0) is 15.3. The normalized spacial score (nSPS) is 30.3. The molecule has 2 fully saturated rings. The fraction of sp³-hybridized carbons (Fsp3) is 0.846. The molecule has 0 heterocycles. The van der Waals surface area contributed by atoms with Gasteiger partial charge in [-0.05, 0) is 19.3 Å². The van der Waals surface area contributed by atoms with Crippen molar-refractivity contribution in [2.24, 2.45) is 5.92 Å². The topological polar surface area (TPSA) is 54.4 Å². The SMILES string of the molecule is O=C(O)C1CCC(F)(F)CC1.O=C1CCC(F)C(F)C1. The molecular formula is C13H18F4O3. The number of aliphatic carboxylic acids is 1. The molecule has 2 saturated carbocycles. The highest BCUT2D eigenvalue weighted by molar-refractivity contribution is 5.79. The van der Waals surface area contributed by atoms with Gasteiger partial charge < -0.3 is 5.11 Å². The van der Waals surface area contributed by atoms with Crippen LogP contribution in [0.1, 0.15) is 44.9 Å². The number of halogens is 4. The summed E-state index contributed by atoms with van der Waals surface area (Å²) in [5.41, 5.74) is 0. The highest BCUT2D eigenvalue weighted by atomic mass is 19.3. The first-order valence-corrected chi connectivity index (χ1v) is 6.62. The first-order valence-electron chi connectivity index (χ1n) is 6.62. The minimum atomic E-state index is -2.62. The molecule has 2 aliphatic rings. The molecule has 0 aromatic heterocycles. The fourth-order valence-electron chi connectivity index (χ4n) is 2.21. The van der Waals surface area contributed by atoms with Crippen molar-refractivity contribution in [3.63, 3.8) is 0 Å². The number of rotatable bonds is 1. The van der Waals surface area contributed by atoms with E-state index in [-0.39, 0.29) is 50.7 Å². The van der Waals surface area contributed by atoms with E-state index in [2.05, 4.69) is 0 Å². The number of hydrogen-bond donors (Lipinski definition) is 1. The zero-order valence-corrected chi connectivity index (χ0v) is 11.0. The quantitative estimate of drug-likeness (QED) is 0.756. The number of carbonyl (C=O) groups excluding carboxylic acids is 1. The molecule has 0 amide bonds. The lowest BCUT2D eigenvalue weighted by molar-refractivity contribution is -0.145. The molecule has 2 unspecified atom stereocenters. The van der Waals surface area contributed by atoms with Crippen LogP contribution in [0.4, 0.5) is 17.6 Å². The van der Waals surface area contributed by atoms with Gasteiger partial charge in [-0.2, -0.15) is 0 Å². The number of ketones is 1. The number of hydrogen-bond acceptors (Lipinski definition) is 2. The lowest BCUT2D eigenvalue weighted by atomic mass is 9.87. The largest absolute Gasteiger partial charge is 0.481 e. The standard InChI is InChI=1S/C7H10F2O2.C6H8F2O/c8-7(9)3-1-5(2-4-7)6(10)11;7-5-2-1-4(9)3-6(5)8/h5H,1-4H2,(H,10,11);5-6H,1-3H2. The molecule has 7 heteroatoms. The maximum absolute atomic E-state index is 12.4. The second kappa shape index (κ2) is 7.04. The van der Waals surface area contributed by atoms with Crippen molar-refractivity contribution in [3.05, 3.63) is 0 Å². The molecule has 2 rings (SSSR count). The molecule has 1 N–H and O–H groups in total. The summed E-state index contributed by atoms with van der Waals surface area (Å²) < 4.78 is 49.4. The van der Waals surface area contributed by atoms with Crippen LogP contribution in [0.2, 0.25) is 0 Å². The van der Waals surface area contributed by atoms with Crippen molar-refractivity contribution in [2.75, 3.05) is 0 Å². The van der Waals surface area contributed by atoms with Gasteiger partial charge in [-0.25, -0.2) is 17.6 Å². The Bertz CT molecular complexity index is 350. The molecule has 2 atom stereocenters. The van der Waals surface area contributed by atoms with Crippen LogP contribution < -0.4 is 0 Å². The van der Waals surface area contributed by atoms with Gasteiger partial charge in [0.2, 0.25) is 5.92 Å². The van der Waals surface area contributed by atoms with Crippen LogP contribution in [0.3, 0.4) is 0 Å². The number of alkyl halides is 4. The third-order valence-corrected chi connectivity index (χ3v) is 3.58. The Labute approximate surface area is 114 Å². The van der Waals surface area contributed by atoms with Crippen molar-refractivity contribution in [1.82, 2.24) is 0 Å². The van der Waals surface area contributed by atoms with E-state index in [1.54, 1.807) is 0 Å². The van der Waals surface area contributed by atoms with Gasteiger partial charge in [0.05, 0.1) is 5.92 Å². The Hall–Kier alpha value is -1.14. The van der Waals surface area contributed by atoms with Crippen LogP contribution in [0, 0.1) is 5.92 Å². The Morgan fingerprint density at radius 3 is 2.05 bits per heavy atom. The Morgan fingerprint density at radius 1 is 1.10 bits per heavy atom. The number of carbonyl (C=O) groups is 2. The molecular weight excluding hydrogens is 280 g/mol. The van der Waals surface area contributed by atoms with Crippen molar-refractivity contribution in [2.45, 2.75) is 63.2 Å². The van der Waals surface area contributed by atoms with E-state index in [1.165, 1.54) is 0 Å². The van der Waals surface area contributed by atoms with Gasteiger partial charge in [-0.1, -0.05) is 0 Å². The molecule has 3 nitrogen and oxygen atoms in total. The van der Waals surface area contributed by atoms with Gasteiger partial charge in [0, 0.05) is 25.7 Å². The summed E-state index contributed by atoms with van der Waals surface area (Å²) in [6.07, 6.45) is -3.20. The summed E-state index contributed by atoms with van der Waals surface area (Å²) in [6, 6.07) is 0. The highest BCUT2D eigenvalue weighted by Crippen LogP contribution is 2.35.